The molecule has 0 radical (unpaired) electrons. The van der Waals surface area contributed by atoms with E-state index in [-0.39, 0.29) is 23.7 Å². The van der Waals surface area contributed by atoms with Crippen LogP contribution in [0.5, 0.6) is 0 Å². The highest BCUT2D eigenvalue weighted by molar-refractivity contribution is 6.12. The van der Waals surface area contributed by atoms with E-state index in [2.05, 4.69) is 4.98 Å². The molecule has 0 aliphatic heterocycles. The summed E-state index contributed by atoms with van der Waals surface area (Å²) < 4.78 is 82.5. The first-order chi connectivity index (χ1) is 13.5. The van der Waals surface area contributed by atoms with Crippen LogP contribution in [0.15, 0.2) is 47.2 Å². The number of rotatable bonds is 3. The maximum absolute atomic E-state index is 12.9. The normalized spacial score (nSPS) is 12.1. The first kappa shape index (κ1) is 20.2. The van der Waals surface area contributed by atoms with Crippen LogP contribution in [0.2, 0.25) is 0 Å². The maximum atomic E-state index is 12.9. The number of nitrogens with one attached hydrogen (secondary N) is 1. The highest BCUT2D eigenvalue weighted by Crippen LogP contribution is 2.37. The molecule has 3 amide bonds. The number of carbonyl (C=O) groups excluding carboxylic acids is 2. The van der Waals surface area contributed by atoms with Crippen molar-refractivity contribution in [2.24, 2.45) is 0 Å². The molecule has 3 aromatic rings. The van der Waals surface area contributed by atoms with Gasteiger partial charge < -0.3 is 9.73 Å². The quantitative estimate of drug-likeness (QED) is 0.478. The maximum Gasteiger partial charge on any atom is 0.416 e. The molecule has 0 bridgehead atoms. The van der Waals surface area contributed by atoms with E-state index >= 15 is 0 Å². The number of fused-ring (bicyclic) bond motifs is 1. The molecule has 0 atom stereocenters. The molecular formula is C17H9F6N3O3. The zero-order chi connectivity index (χ0) is 21.4. The molecule has 0 unspecified atom stereocenters. The van der Waals surface area contributed by atoms with Gasteiger partial charge in [-0.05, 0) is 30.3 Å². The number of oxazole rings is 1. The van der Waals surface area contributed by atoms with Gasteiger partial charge in [-0.3, -0.25) is 4.79 Å². The number of benzene rings is 2. The number of alkyl halides is 6. The third kappa shape index (κ3) is 4.31. The van der Waals surface area contributed by atoms with E-state index in [0.29, 0.717) is 22.5 Å². The van der Waals surface area contributed by atoms with Crippen LogP contribution in [0, 0.1) is 0 Å². The summed E-state index contributed by atoms with van der Waals surface area (Å²) in [4.78, 5) is 27.9. The van der Waals surface area contributed by atoms with Crippen molar-refractivity contribution in [2.75, 3.05) is 10.2 Å². The van der Waals surface area contributed by atoms with Crippen molar-refractivity contribution in [3.8, 4) is 0 Å². The zero-order valence-electron chi connectivity index (χ0n) is 14.0. The summed E-state index contributed by atoms with van der Waals surface area (Å²) in [7, 11) is 0. The van der Waals surface area contributed by atoms with Gasteiger partial charge in [-0.1, -0.05) is 0 Å². The Bertz CT molecular complexity index is 1040. The number of aromatic nitrogens is 1. The van der Waals surface area contributed by atoms with Crippen molar-refractivity contribution in [2.45, 2.75) is 12.4 Å². The van der Waals surface area contributed by atoms with Crippen LogP contribution in [0.3, 0.4) is 0 Å². The Hall–Kier alpha value is -3.57. The minimum atomic E-state index is -5.08. The van der Waals surface area contributed by atoms with Crippen molar-refractivity contribution in [3.63, 3.8) is 0 Å². The Morgan fingerprint density at radius 1 is 1.00 bits per heavy atom. The summed E-state index contributed by atoms with van der Waals surface area (Å²) in [5.74, 6) is 0. The van der Waals surface area contributed by atoms with E-state index in [4.69, 9.17) is 4.42 Å². The van der Waals surface area contributed by atoms with Gasteiger partial charge in [-0.15, -0.1) is 0 Å². The highest BCUT2D eigenvalue weighted by Gasteiger charge is 2.37. The number of hydrogen-bond acceptors (Lipinski definition) is 4. The van der Waals surface area contributed by atoms with Crippen LogP contribution in [0.4, 0.5) is 42.5 Å². The van der Waals surface area contributed by atoms with Crippen molar-refractivity contribution in [3.05, 3.63) is 53.9 Å². The van der Waals surface area contributed by atoms with Crippen LogP contribution in [0.1, 0.15) is 11.1 Å². The van der Waals surface area contributed by atoms with Crippen molar-refractivity contribution in [1.29, 1.82) is 0 Å². The van der Waals surface area contributed by atoms with Crippen LogP contribution in [-0.2, 0) is 17.1 Å². The van der Waals surface area contributed by atoms with Gasteiger partial charge in [0, 0.05) is 11.8 Å². The predicted molar refractivity (Wildman–Crippen MR) is 88.0 cm³/mol. The molecule has 29 heavy (non-hydrogen) atoms. The molecule has 1 aromatic heterocycles. The van der Waals surface area contributed by atoms with Gasteiger partial charge in [0.2, 0.25) is 6.41 Å². The first-order valence-electron chi connectivity index (χ1n) is 7.67. The first-order valence-corrected chi connectivity index (χ1v) is 7.67. The monoisotopic (exact) mass is 417 g/mol. The minimum Gasteiger partial charge on any atom is -0.443 e. The smallest absolute Gasteiger partial charge is 0.416 e. The Kier molecular flexibility index (Phi) is 4.95. The average Bonchev–Trinajstić information content (AvgIpc) is 3.08. The van der Waals surface area contributed by atoms with Crippen molar-refractivity contribution < 1.29 is 40.3 Å². The molecule has 1 N–H and O–H groups in total. The minimum absolute atomic E-state index is 0.0372. The van der Waals surface area contributed by atoms with E-state index in [9.17, 15) is 35.9 Å². The van der Waals surface area contributed by atoms with Gasteiger partial charge in [-0.25, -0.2) is 14.7 Å². The molecular weight excluding hydrogens is 408 g/mol. The van der Waals surface area contributed by atoms with Crippen LogP contribution in [-0.4, -0.2) is 17.4 Å². The summed E-state index contributed by atoms with van der Waals surface area (Å²) in [5, 5.41) is 1.87. The fraction of sp³-hybridized carbons (Fsp3) is 0.118. The van der Waals surface area contributed by atoms with Gasteiger partial charge in [0.25, 0.3) is 0 Å². The predicted octanol–water partition coefficient (Wildman–Crippen LogP) is 5.06. The fourth-order valence-corrected chi connectivity index (χ4v) is 2.43. The van der Waals surface area contributed by atoms with E-state index in [0.717, 1.165) is 6.39 Å². The molecule has 0 saturated carbocycles. The van der Waals surface area contributed by atoms with E-state index in [1.165, 1.54) is 18.2 Å². The van der Waals surface area contributed by atoms with Gasteiger partial charge in [0.15, 0.2) is 12.0 Å². The lowest BCUT2D eigenvalue weighted by molar-refractivity contribution is -0.143. The van der Waals surface area contributed by atoms with Gasteiger partial charge >= 0.3 is 18.4 Å². The fourth-order valence-electron chi connectivity index (χ4n) is 2.43. The summed E-state index contributed by atoms with van der Waals surface area (Å²) in [6.45, 7) is 0. The third-order valence-electron chi connectivity index (χ3n) is 3.76. The topological polar surface area (TPSA) is 75.4 Å². The van der Waals surface area contributed by atoms with Gasteiger partial charge in [-0.2, -0.15) is 26.3 Å². The lowest BCUT2D eigenvalue weighted by Gasteiger charge is -2.18. The molecule has 0 aliphatic rings. The highest BCUT2D eigenvalue weighted by atomic mass is 19.4. The van der Waals surface area contributed by atoms with Crippen molar-refractivity contribution in [1.82, 2.24) is 4.98 Å². The molecule has 2 aromatic carbocycles. The Labute approximate surface area is 157 Å². The number of anilines is 2. The molecule has 152 valence electrons. The number of imide groups is 1. The standard InChI is InChI=1S/C17H9F6N3O3/c18-16(19,20)9-3-10(17(21,22)23)5-11(4-9)25-15(28)26(8-27)12-1-2-13-14(6-12)29-7-24-13/h1-8H,(H,25,28). The Morgan fingerprint density at radius 3 is 2.17 bits per heavy atom. The molecule has 6 nitrogen and oxygen atoms in total. The number of carbonyl (C=O) groups is 2. The van der Waals surface area contributed by atoms with Crippen LogP contribution >= 0.6 is 0 Å². The second kappa shape index (κ2) is 7.11. The third-order valence-corrected chi connectivity index (χ3v) is 3.76. The largest absolute Gasteiger partial charge is 0.443 e. The molecule has 0 aliphatic carbocycles. The van der Waals surface area contributed by atoms with E-state index in [1.807, 2.05) is 5.32 Å². The molecule has 3 rings (SSSR count). The van der Waals surface area contributed by atoms with E-state index in [1.54, 1.807) is 0 Å². The number of hydrogen-bond donors (Lipinski definition) is 1. The lowest BCUT2D eigenvalue weighted by Crippen LogP contribution is -2.33. The molecule has 0 spiro atoms. The Morgan fingerprint density at radius 2 is 1.62 bits per heavy atom. The number of nitrogens with zero attached hydrogens (tertiary/aromatic N) is 2. The lowest BCUT2D eigenvalue weighted by atomic mass is 10.1. The van der Waals surface area contributed by atoms with Crippen molar-refractivity contribution >= 4 is 34.9 Å². The Balaban J connectivity index is 1.94. The number of amides is 3. The molecule has 0 fully saturated rings. The van der Waals surface area contributed by atoms with Crippen LogP contribution < -0.4 is 10.2 Å². The summed E-state index contributed by atoms with van der Waals surface area (Å²) in [6, 6.07) is 3.27. The van der Waals surface area contributed by atoms with Crippen LogP contribution in [0.25, 0.3) is 11.1 Å². The summed E-state index contributed by atoms with van der Waals surface area (Å²) in [6.07, 6.45) is -9.00. The SMILES string of the molecule is O=CN(C(=O)Nc1cc(C(F)(F)F)cc(C(F)(F)F)c1)c1ccc2ncoc2c1. The number of urea groups is 1. The second-order valence-corrected chi connectivity index (χ2v) is 5.70. The summed E-state index contributed by atoms with van der Waals surface area (Å²) in [5.41, 5.74) is -3.42. The summed E-state index contributed by atoms with van der Waals surface area (Å²) >= 11 is 0. The second-order valence-electron chi connectivity index (χ2n) is 5.70. The average molecular weight is 417 g/mol. The number of halogens is 6. The molecule has 1 heterocycles. The molecule has 0 saturated heterocycles. The molecule has 12 heteroatoms. The zero-order valence-corrected chi connectivity index (χ0v) is 14.0. The van der Waals surface area contributed by atoms with Gasteiger partial charge in [0.1, 0.15) is 5.52 Å². The van der Waals surface area contributed by atoms with Gasteiger partial charge in [0.05, 0.1) is 16.8 Å². The van der Waals surface area contributed by atoms with E-state index < -0.39 is 35.2 Å².